The van der Waals surface area contributed by atoms with Crippen LogP contribution in [0.25, 0.3) is 0 Å². The summed E-state index contributed by atoms with van der Waals surface area (Å²) in [4.78, 5) is 13.9. The van der Waals surface area contributed by atoms with Gasteiger partial charge in [0.1, 0.15) is 0 Å². The van der Waals surface area contributed by atoms with Crippen LogP contribution in [0.15, 0.2) is 0 Å². The molecule has 1 fully saturated rings. The van der Waals surface area contributed by atoms with Gasteiger partial charge in [-0.1, -0.05) is 6.92 Å². The number of nitrogens with one attached hydrogen (secondary N) is 1. The fourth-order valence-electron chi connectivity index (χ4n) is 2.24. The zero-order valence-electron chi connectivity index (χ0n) is 11.1. The molecule has 1 aliphatic rings. The summed E-state index contributed by atoms with van der Waals surface area (Å²) in [6.07, 6.45) is 4.10. The molecule has 1 saturated heterocycles. The Kier molecular flexibility index (Phi) is 6.52. The van der Waals surface area contributed by atoms with E-state index in [0.29, 0.717) is 19.1 Å². The summed E-state index contributed by atoms with van der Waals surface area (Å²) >= 11 is 0. The molecule has 4 nitrogen and oxygen atoms in total. The number of aliphatic hydroxyl groups is 1. The van der Waals surface area contributed by atoms with E-state index in [1.165, 1.54) is 0 Å². The summed E-state index contributed by atoms with van der Waals surface area (Å²) < 4.78 is 0. The first-order chi connectivity index (χ1) is 8.15. The van der Waals surface area contributed by atoms with Gasteiger partial charge in [0, 0.05) is 12.6 Å². The molecular weight excluding hydrogens is 216 g/mol. The number of nitrogens with zero attached hydrogens (tertiary/aromatic N) is 1. The zero-order valence-corrected chi connectivity index (χ0v) is 11.1. The molecule has 0 unspecified atom stereocenters. The number of likely N-dealkylation sites (tertiary alicyclic amines) is 1. The normalized spacial score (nSPS) is 20.2. The Bertz CT molecular complexity index is 225. The van der Waals surface area contributed by atoms with Crippen molar-refractivity contribution in [3.63, 3.8) is 0 Å². The Hall–Kier alpha value is -0.610. The molecule has 0 aromatic rings. The summed E-state index contributed by atoms with van der Waals surface area (Å²) in [6, 6.07) is 0.273. The van der Waals surface area contributed by atoms with Crippen LogP contribution in [0.4, 0.5) is 0 Å². The van der Waals surface area contributed by atoms with E-state index >= 15 is 0 Å². The van der Waals surface area contributed by atoms with E-state index < -0.39 is 0 Å². The quantitative estimate of drug-likeness (QED) is 0.730. The van der Waals surface area contributed by atoms with Gasteiger partial charge in [-0.3, -0.25) is 9.69 Å². The first-order valence-electron chi connectivity index (χ1n) is 6.78. The molecule has 17 heavy (non-hydrogen) atoms. The number of aliphatic hydroxyl groups excluding tert-OH is 1. The van der Waals surface area contributed by atoms with E-state index in [1.807, 2.05) is 6.92 Å². The van der Waals surface area contributed by atoms with Crippen LogP contribution >= 0.6 is 0 Å². The minimum absolute atomic E-state index is 0.139. The molecule has 0 saturated carbocycles. The predicted molar refractivity (Wildman–Crippen MR) is 68.8 cm³/mol. The third-order valence-electron chi connectivity index (χ3n) is 3.63. The van der Waals surface area contributed by atoms with Gasteiger partial charge in [-0.15, -0.1) is 0 Å². The van der Waals surface area contributed by atoms with Crippen molar-refractivity contribution < 1.29 is 9.90 Å². The lowest BCUT2D eigenvalue weighted by atomic mass is 9.94. The highest BCUT2D eigenvalue weighted by Crippen LogP contribution is 2.19. The fraction of sp³-hybridized carbons (Fsp3) is 0.923. The maximum atomic E-state index is 11.7. The van der Waals surface area contributed by atoms with Crippen molar-refractivity contribution in [3.8, 4) is 0 Å². The predicted octanol–water partition coefficient (Wildman–Crippen LogP) is 0.995. The maximum Gasteiger partial charge on any atom is 0.234 e. The van der Waals surface area contributed by atoms with Crippen molar-refractivity contribution in [1.29, 1.82) is 0 Å². The molecule has 1 heterocycles. The molecule has 1 rings (SSSR count). The number of amides is 1. The summed E-state index contributed by atoms with van der Waals surface area (Å²) in [5.41, 5.74) is 0. The van der Waals surface area contributed by atoms with Gasteiger partial charge < -0.3 is 10.4 Å². The fourth-order valence-corrected chi connectivity index (χ4v) is 2.24. The first-order valence-corrected chi connectivity index (χ1v) is 6.78. The minimum atomic E-state index is 0.139. The van der Waals surface area contributed by atoms with Crippen molar-refractivity contribution in [3.05, 3.63) is 0 Å². The van der Waals surface area contributed by atoms with E-state index in [9.17, 15) is 4.79 Å². The molecule has 4 heteroatoms. The molecule has 0 aromatic heterocycles. The van der Waals surface area contributed by atoms with Crippen molar-refractivity contribution in [2.24, 2.45) is 5.92 Å². The molecule has 2 N–H and O–H groups in total. The van der Waals surface area contributed by atoms with Crippen LogP contribution in [0.2, 0.25) is 0 Å². The number of carbonyl (C=O) groups is 1. The van der Waals surface area contributed by atoms with Crippen LogP contribution < -0.4 is 5.32 Å². The second-order valence-electron chi connectivity index (χ2n) is 5.11. The Balaban J connectivity index is 2.19. The van der Waals surface area contributed by atoms with Gasteiger partial charge in [0.2, 0.25) is 5.91 Å². The van der Waals surface area contributed by atoms with E-state index in [2.05, 4.69) is 17.1 Å². The summed E-state index contributed by atoms with van der Waals surface area (Å²) in [6.45, 7) is 6.89. The SMILES string of the molecule is CC[C@@H](C)NC(=O)CN1CCC(CCO)CC1. The monoisotopic (exact) mass is 242 g/mol. The van der Waals surface area contributed by atoms with E-state index in [4.69, 9.17) is 5.11 Å². The lowest BCUT2D eigenvalue weighted by molar-refractivity contribution is -0.123. The average molecular weight is 242 g/mol. The topological polar surface area (TPSA) is 52.6 Å². The van der Waals surface area contributed by atoms with Crippen LogP contribution in [-0.4, -0.2) is 48.2 Å². The first kappa shape index (κ1) is 14.5. The number of hydrogen-bond acceptors (Lipinski definition) is 3. The molecule has 0 aromatic carbocycles. The number of rotatable bonds is 6. The molecule has 1 amide bonds. The number of hydrogen-bond donors (Lipinski definition) is 2. The van der Waals surface area contributed by atoms with Gasteiger partial charge in [0.15, 0.2) is 0 Å². The van der Waals surface area contributed by atoms with Gasteiger partial charge in [0.05, 0.1) is 6.54 Å². The van der Waals surface area contributed by atoms with Crippen molar-refractivity contribution in [2.75, 3.05) is 26.2 Å². The van der Waals surface area contributed by atoms with Crippen molar-refractivity contribution >= 4 is 5.91 Å². The highest BCUT2D eigenvalue weighted by Gasteiger charge is 2.20. The van der Waals surface area contributed by atoms with Gasteiger partial charge >= 0.3 is 0 Å². The molecule has 1 atom stereocenters. The molecule has 0 spiro atoms. The van der Waals surface area contributed by atoms with Crippen molar-refractivity contribution in [2.45, 2.75) is 45.6 Å². The lowest BCUT2D eigenvalue weighted by Gasteiger charge is -2.31. The number of carbonyl (C=O) groups excluding carboxylic acids is 1. The van der Waals surface area contributed by atoms with Gasteiger partial charge in [0.25, 0.3) is 0 Å². The summed E-state index contributed by atoms with van der Waals surface area (Å²) in [5, 5.41) is 11.9. The molecule has 0 aliphatic carbocycles. The van der Waals surface area contributed by atoms with Gasteiger partial charge in [-0.2, -0.15) is 0 Å². The van der Waals surface area contributed by atoms with Crippen LogP contribution in [0.1, 0.15) is 39.5 Å². The lowest BCUT2D eigenvalue weighted by Crippen LogP contribution is -2.43. The standard InChI is InChI=1S/C13H26N2O2/c1-3-11(2)14-13(17)10-15-7-4-12(5-8-15)6-9-16/h11-12,16H,3-10H2,1-2H3,(H,14,17)/t11-/m1/s1. The second-order valence-corrected chi connectivity index (χ2v) is 5.11. The zero-order chi connectivity index (χ0) is 12.7. The third-order valence-corrected chi connectivity index (χ3v) is 3.63. The summed E-state index contributed by atoms with van der Waals surface area (Å²) in [5.74, 6) is 0.786. The van der Waals surface area contributed by atoms with Crippen molar-refractivity contribution in [1.82, 2.24) is 10.2 Å². The van der Waals surface area contributed by atoms with E-state index in [1.54, 1.807) is 0 Å². The second kappa shape index (κ2) is 7.67. The highest BCUT2D eigenvalue weighted by atomic mass is 16.3. The highest BCUT2D eigenvalue weighted by molar-refractivity contribution is 5.78. The maximum absolute atomic E-state index is 11.7. The van der Waals surface area contributed by atoms with Crippen LogP contribution in [0.3, 0.4) is 0 Å². The van der Waals surface area contributed by atoms with Crippen LogP contribution in [-0.2, 0) is 4.79 Å². The molecule has 0 radical (unpaired) electrons. The molecule has 1 aliphatic heterocycles. The summed E-state index contributed by atoms with van der Waals surface area (Å²) in [7, 11) is 0. The Morgan fingerprint density at radius 3 is 2.65 bits per heavy atom. The van der Waals surface area contributed by atoms with Crippen LogP contribution in [0.5, 0.6) is 0 Å². The van der Waals surface area contributed by atoms with E-state index in [-0.39, 0.29) is 11.9 Å². The Labute approximate surface area is 104 Å². The minimum Gasteiger partial charge on any atom is -0.396 e. The molecule has 100 valence electrons. The van der Waals surface area contributed by atoms with E-state index in [0.717, 1.165) is 38.8 Å². The number of piperidine rings is 1. The Morgan fingerprint density at radius 2 is 2.12 bits per heavy atom. The average Bonchev–Trinajstić information content (AvgIpc) is 2.31. The Morgan fingerprint density at radius 1 is 1.47 bits per heavy atom. The third kappa shape index (κ3) is 5.50. The molecule has 0 bridgehead atoms. The van der Waals surface area contributed by atoms with Gasteiger partial charge in [-0.05, 0) is 51.6 Å². The van der Waals surface area contributed by atoms with Gasteiger partial charge in [-0.25, -0.2) is 0 Å². The van der Waals surface area contributed by atoms with Crippen LogP contribution in [0, 0.1) is 5.92 Å². The molecular formula is C13H26N2O2. The largest absolute Gasteiger partial charge is 0.396 e. The smallest absolute Gasteiger partial charge is 0.234 e.